The molecule has 0 saturated carbocycles. The fraction of sp³-hybridized carbons (Fsp3) is 0.143. The molecule has 0 aliphatic carbocycles. The zero-order valence-electron chi connectivity index (χ0n) is 10.9. The van der Waals surface area contributed by atoms with E-state index in [1.54, 1.807) is 12.1 Å². The van der Waals surface area contributed by atoms with Crippen LogP contribution >= 0.6 is 0 Å². The van der Waals surface area contributed by atoms with Crippen LogP contribution in [0.5, 0.6) is 0 Å². The summed E-state index contributed by atoms with van der Waals surface area (Å²) in [5.41, 5.74) is 1.64. The summed E-state index contributed by atoms with van der Waals surface area (Å²) >= 11 is 0. The van der Waals surface area contributed by atoms with Gasteiger partial charge < -0.3 is 5.11 Å². The van der Waals surface area contributed by atoms with Crippen LogP contribution in [0.15, 0.2) is 42.9 Å². The largest absolute Gasteiger partial charge is 0.480 e. The van der Waals surface area contributed by atoms with Crippen molar-refractivity contribution in [3.63, 3.8) is 0 Å². The predicted molar refractivity (Wildman–Crippen MR) is 72.5 cm³/mol. The molecule has 1 N–H and O–H groups in total. The molecule has 0 spiro atoms. The summed E-state index contributed by atoms with van der Waals surface area (Å²) in [6.45, 7) is 1.48. The molecule has 1 amide bonds. The Labute approximate surface area is 115 Å². The average Bonchev–Trinajstić information content (AvgIpc) is 2.46. The first-order chi connectivity index (χ1) is 9.58. The molecule has 0 aliphatic heterocycles. The number of amides is 1. The first kappa shape index (κ1) is 13.7. The Balaban J connectivity index is 2.35. The average molecular weight is 271 g/mol. The van der Waals surface area contributed by atoms with Gasteiger partial charge in [0.1, 0.15) is 12.2 Å². The molecule has 20 heavy (non-hydrogen) atoms. The van der Waals surface area contributed by atoms with E-state index in [1.807, 2.05) is 19.1 Å². The molecule has 2 aromatic rings. The van der Waals surface area contributed by atoms with Crippen molar-refractivity contribution >= 4 is 17.6 Å². The van der Waals surface area contributed by atoms with Gasteiger partial charge in [-0.3, -0.25) is 19.5 Å². The van der Waals surface area contributed by atoms with Crippen molar-refractivity contribution < 1.29 is 14.7 Å². The number of nitrogens with zero attached hydrogens (tertiary/aromatic N) is 3. The maximum absolute atomic E-state index is 12.3. The summed E-state index contributed by atoms with van der Waals surface area (Å²) in [5, 5.41) is 8.97. The second-order valence-electron chi connectivity index (χ2n) is 4.21. The lowest BCUT2D eigenvalue weighted by Gasteiger charge is -2.20. The van der Waals surface area contributed by atoms with Gasteiger partial charge in [-0.2, -0.15) is 0 Å². The summed E-state index contributed by atoms with van der Waals surface area (Å²) < 4.78 is 0. The van der Waals surface area contributed by atoms with E-state index >= 15 is 0 Å². The molecule has 0 aliphatic rings. The van der Waals surface area contributed by atoms with E-state index < -0.39 is 18.4 Å². The molecular formula is C14H13N3O3. The van der Waals surface area contributed by atoms with Gasteiger partial charge in [0.05, 0.1) is 6.20 Å². The smallest absolute Gasteiger partial charge is 0.323 e. The van der Waals surface area contributed by atoms with E-state index in [2.05, 4.69) is 9.97 Å². The van der Waals surface area contributed by atoms with Gasteiger partial charge in [0.2, 0.25) is 0 Å². The third-order valence-corrected chi connectivity index (χ3v) is 2.67. The van der Waals surface area contributed by atoms with Crippen LogP contribution in [0.2, 0.25) is 0 Å². The van der Waals surface area contributed by atoms with Gasteiger partial charge in [-0.25, -0.2) is 4.98 Å². The summed E-state index contributed by atoms with van der Waals surface area (Å²) in [6, 6.07) is 7.03. The topological polar surface area (TPSA) is 83.4 Å². The lowest BCUT2D eigenvalue weighted by molar-refractivity contribution is -0.135. The van der Waals surface area contributed by atoms with Crippen LogP contribution in [0.1, 0.15) is 16.1 Å². The first-order valence-electron chi connectivity index (χ1n) is 5.94. The van der Waals surface area contributed by atoms with Crippen molar-refractivity contribution in [2.75, 3.05) is 11.4 Å². The minimum Gasteiger partial charge on any atom is -0.480 e. The quantitative estimate of drug-likeness (QED) is 0.911. The van der Waals surface area contributed by atoms with Gasteiger partial charge in [0.15, 0.2) is 0 Å². The monoisotopic (exact) mass is 271 g/mol. The van der Waals surface area contributed by atoms with Crippen molar-refractivity contribution in [3.05, 3.63) is 54.1 Å². The molecule has 1 aromatic heterocycles. The highest BCUT2D eigenvalue weighted by atomic mass is 16.4. The molecule has 0 fully saturated rings. The van der Waals surface area contributed by atoms with E-state index in [1.165, 1.54) is 18.6 Å². The Bertz CT molecular complexity index is 611. The highest BCUT2D eigenvalue weighted by Crippen LogP contribution is 2.17. The molecule has 2 rings (SSSR count). The van der Waals surface area contributed by atoms with Crippen molar-refractivity contribution in [2.24, 2.45) is 0 Å². The summed E-state index contributed by atoms with van der Waals surface area (Å²) in [7, 11) is 0. The Kier molecular flexibility index (Phi) is 4.05. The Morgan fingerprint density at radius 2 is 1.90 bits per heavy atom. The van der Waals surface area contributed by atoms with E-state index in [-0.39, 0.29) is 5.69 Å². The van der Waals surface area contributed by atoms with Gasteiger partial charge >= 0.3 is 5.97 Å². The number of carboxylic acid groups (broad SMARTS) is 1. The SMILES string of the molecule is Cc1ccc(N(CC(=O)O)C(=O)c2cnccn2)cc1. The van der Waals surface area contributed by atoms with Crippen LogP contribution in [0.25, 0.3) is 0 Å². The van der Waals surface area contributed by atoms with Crippen LogP contribution in [0, 0.1) is 6.92 Å². The van der Waals surface area contributed by atoms with Crippen molar-refractivity contribution in [2.45, 2.75) is 6.92 Å². The van der Waals surface area contributed by atoms with Crippen molar-refractivity contribution in [1.82, 2.24) is 9.97 Å². The number of hydrogen-bond donors (Lipinski definition) is 1. The van der Waals surface area contributed by atoms with E-state index in [0.717, 1.165) is 10.5 Å². The molecule has 0 radical (unpaired) electrons. The number of hydrogen-bond acceptors (Lipinski definition) is 4. The zero-order chi connectivity index (χ0) is 14.5. The number of carbonyl (C=O) groups is 2. The summed E-state index contributed by atoms with van der Waals surface area (Å²) in [4.78, 5) is 32.2. The fourth-order valence-corrected chi connectivity index (χ4v) is 1.69. The first-order valence-corrected chi connectivity index (χ1v) is 5.94. The van der Waals surface area contributed by atoms with Crippen LogP contribution < -0.4 is 4.90 Å². The Hall–Kier alpha value is -2.76. The van der Waals surface area contributed by atoms with Crippen LogP contribution in [0.4, 0.5) is 5.69 Å². The van der Waals surface area contributed by atoms with Crippen LogP contribution in [-0.2, 0) is 4.79 Å². The highest BCUT2D eigenvalue weighted by Gasteiger charge is 2.21. The maximum atomic E-state index is 12.3. The maximum Gasteiger partial charge on any atom is 0.323 e. The zero-order valence-corrected chi connectivity index (χ0v) is 10.9. The number of anilines is 1. The molecule has 0 saturated heterocycles. The molecule has 0 atom stereocenters. The second-order valence-corrected chi connectivity index (χ2v) is 4.21. The molecular weight excluding hydrogens is 258 g/mol. The molecule has 6 heteroatoms. The number of aromatic nitrogens is 2. The van der Waals surface area contributed by atoms with Gasteiger partial charge in [-0.05, 0) is 19.1 Å². The van der Waals surface area contributed by atoms with Gasteiger partial charge in [0, 0.05) is 18.1 Å². The van der Waals surface area contributed by atoms with Gasteiger partial charge in [-0.1, -0.05) is 17.7 Å². The van der Waals surface area contributed by atoms with Gasteiger partial charge in [0.25, 0.3) is 5.91 Å². The molecule has 102 valence electrons. The normalized spacial score (nSPS) is 10.1. The van der Waals surface area contributed by atoms with Crippen LogP contribution in [-0.4, -0.2) is 33.5 Å². The number of carboxylic acids is 1. The number of benzene rings is 1. The van der Waals surface area contributed by atoms with Crippen molar-refractivity contribution in [1.29, 1.82) is 0 Å². The Morgan fingerprint density at radius 1 is 1.20 bits per heavy atom. The number of aliphatic carboxylic acids is 1. The number of carbonyl (C=O) groups excluding carboxylic acids is 1. The van der Waals surface area contributed by atoms with Crippen LogP contribution in [0.3, 0.4) is 0 Å². The minimum absolute atomic E-state index is 0.106. The van der Waals surface area contributed by atoms with E-state index in [4.69, 9.17) is 5.11 Å². The lowest BCUT2D eigenvalue weighted by atomic mass is 10.2. The number of aryl methyl sites for hydroxylation is 1. The van der Waals surface area contributed by atoms with E-state index in [9.17, 15) is 9.59 Å². The Morgan fingerprint density at radius 3 is 2.45 bits per heavy atom. The van der Waals surface area contributed by atoms with Crippen molar-refractivity contribution in [3.8, 4) is 0 Å². The minimum atomic E-state index is -1.09. The molecule has 0 unspecified atom stereocenters. The highest BCUT2D eigenvalue weighted by molar-refractivity contribution is 6.06. The van der Waals surface area contributed by atoms with Gasteiger partial charge in [-0.15, -0.1) is 0 Å². The lowest BCUT2D eigenvalue weighted by Crippen LogP contribution is -2.36. The third-order valence-electron chi connectivity index (χ3n) is 2.67. The fourth-order valence-electron chi connectivity index (χ4n) is 1.69. The molecule has 6 nitrogen and oxygen atoms in total. The summed E-state index contributed by atoms with van der Waals surface area (Å²) in [6.07, 6.45) is 4.15. The standard InChI is InChI=1S/C14H13N3O3/c1-10-2-4-11(5-3-10)17(9-13(18)19)14(20)12-8-15-6-7-16-12/h2-8H,9H2,1H3,(H,18,19). The molecule has 0 bridgehead atoms. The van der Waals surface area contributed by atoms with E-state index in [0.29, 0.717) is 5.69 Å². The molecule has 1 heterocycles. The predicted octanol–water partition coefficient (Wildman–Crippen LogP) is 1.52. The summed E-state index contributed by atoms with van der Waals surface area (Å²) in [5.74, 6) is -1.59. The second kappa shape index (κ2) is 5.92. The number of rotatable bonds is 4. The molecule has 1 aromatic carbocycles. The third kappa shape index (κ3) is 3.17.